The molecule has 0 aliphatic carbocycles. The molecule has 0 amide bonds. The normalized spacial score (nSPS) is 11.1. The molecule has 0 bridgehead atoms. The molecule has 0 aliphatic rings. The molecule has 0 saturated carbocycles. The zero-order valence-electron chi connectivity index (χ0n) is 11.9. The number of aromatic nitrogens is 3. The van der Waals surface area contributed by atoms with Crippen molar-refractivity contribution in [3.63, 3.8) is 0 Å². The summed E-state index contributed by atoms with van der Waals surface area (Å²) in [4.78, 5) is 10.8. The molecule has 0 unspecified atom stereocenters. The first kappa shape index (κ1) is 14.0. The predicted octanol–water partition coefficient (Wildman–Crippen LogP) is 2.36. The Balaban J connectivity index is 2.28. The molecule has 0 atom stereocenters. The first-order valence-electron chi connectivity index (χ1n) is 6.27. The van der Waals surface area contributed by atoms with Crippen molar-refractivity contribution in [1.29, 1.82) is 0 Å². The van der Waals surface area contributed by atoms with Crippen molar-refractivity contribution < 1.29 is 9.45 Å². The zero-order chi connectivity index (χ0) is 14.9. The van der Waals surface area contributed by atoms with Crippen molar-refractivity contribution in [3.05, 3.63) is 33.3 Å². The van der Waals surface area contributed by atoms with Crippen molar-refractivity contribution in [2.45, 2.75) is 33.2 Å². The minimum absolute atomic E-state index is 0.0127. The van der Waals surface area contributed by atoms with Gasteiger partial charge in [0.2, 0.25) is 5.82 Å². The number of nitrogens with zero attached hydrogens (tertiary/aromatic N) is 4. The monoisotopic (exact) mass is 279 g/mol. The molecule has 0 aromatic carbocycles. The molecule has 0 aliphatic heterocycles. The molecular weight excluding hydrogens is 262 g/mol. The standard InChI is InChI=1S/C12H17N5O3/c1-7(2)10-11(17(18)19)12(16(4)14-10)13-6-9-5-8(3)15-20-9/h5,7,13H,6H2,1-4H3. The fourth-order valence-electron chi connectivity index (χ4n) is 1.97. The molecule has 8 nitrogen and oxygen atoms in total. The largest absolute Gasteiger partial charge is 0.359 e. The van der Waals surface area contributed by atoms with Gasteiger partial charge in [-0.15, -0.1) is 0 Å². The summed E-state index contributed by atoms with van der Waals surface area (Å²) < 4.78 is 6.55. The number of nitro groups is 1. The molecular formula is C12H17N5O3. The Kier molecular flexibility index (Phi) is 3.73. The molecule has 0 radical (unpaired) electrons. The maximum Gasteiger partial charge on any atom is 0.334 e. The summed E-state index contributed by atoms with van der Waals surface area (Å²) in [5, 5.41) is 22.2. The summed E-state index contributed by atoms with van der Waals surface area (Å²) in [5.74, 6) is 0.960. The van der Waals surface area contributed by atoms with E-state index < -0.39 is 4.92 Å². The van der Waals surface area contributed by atoms with Crippen LogP contribution >= 0.6 is 0 Å². The van der Waals surface area contributed by atoms with Gasteiger partial charge in [0.25, 0.3) is 0 Å². The summed E-state index contributed by atoms with van der Waals surface area (Å²) in [6, 6.07) is 1.78. The Hall–Kier alpha value is -2.38. The van der Waals surface area contributed by atoms with Gasteiger partial charge in [-0.3, -0.25) is 10.1 Å². The van der Waals surface area contributed by atoms with E-state index in [0.717, 1.165) is 5.69 Å². The fraction of sp³-hybridized carbons (Fsp3) is 0.500. The average Bonchev–Trinajstić information content (AvgIpc) is 2.90. The first-order chi connectivity index (χ1) is 9.40. The van der Waals surface area contributed by atoms with Gasteiger partial charge in [-0.25, -0.2) is 4.68 Å². The molecule has 0 spiro atoms. The highest BCUT2D eigenvalue weighted by Gasteiger charge is 2.28. The quantitative estimate of drug-likeness (QED) is 0.666. The number of aryl methyl sites for hydroxylation is 2. The Morgan fingerprint density at radius 1 is 1.55 bits per heavy atom. The SMILES string of the molecule is Cc1cc(CNc2c([N+](=O)[O-])c(C(C)C)nn2C)on1. The van der Waals surface area contributed by atoms with Crippen molar-refractivity contribution in [3.8, 4) is 0 Å². The van der Waals surface area contributed by atoms with E-state index in [1.54, 1.807) is 13.1 Å². The van der Waals surface area contributed by atoms with E-state index in [2.05, 4.69) is 15.6 Å². The van der Waals surface area contributed by atoms with Crippen molar-refractivity contribution in [2.75, 3.05) is 5.32 Å². The highest BCUT2D eigenvalue weighted by atomic mass is 16.6. The smallest absolute Gasteiger partial charge is 0.334 e. The van der Waals surface area contributed by atoms with E-state index in [9.17, 15) is 10.1 Å². The molecule has 2 aromatic rings. The molecule has 0 saturated heterocycles. The molecule has 108 valence electrons. The summed E-state index contributed by atoms with van der Waals surface area (Å²) in [5.41, 5.74) is 1.25. The van der Waals surface area contributed by atoms with Crippen LogP contribution in [0.5, 0.6) is 0 Å². The van der Waals surface area contributed by atoms with Crippen molar-refractivity contribution in [2.24, 2.45) is 7.05 Å². The molecule has 2 rings (SSSR count). The number of nitrogens with one attached hydrogen (secondary N) is 1. The Labute approximate surface area is 115 Å². The summed E-state index contributed by atoms with van der Waals surface area (Å²) in [7, 11) is 1.67. The lowest BCUT2D eigenvalue weighted by Crippen LogP contribution is -2.06. The third-order valence-electron chi connectivity index (χ3n) is 2.88. The minimum atomic E-state index is -0.406. The van der Waals surface area contributed by atoms with Gasteiger partial charge < -0.3 is 9.84 Å². The van der Waals surface area contributed by atoms with Crippen molar-refractivity contribution in [1.82, 2.24) is 14.9 Å². The van der Waals surface area contributed by atoms with Crippen LogP contribution in [-0.4, -0.2) is 19.9 Å². The lowest BCUT2D eigenvalue weighted by Gasteiger charge is -2.03. The van der Waals surface area contributed by atoms with Crippen LogP contribution in [0.3, 0.4) is 0 Å². The maximum atomic E-state index is 11.3. The van der Waals surface area contributed by atoms with Crippen LogP contribution in [0.25, 0.3) is 0 Å². The zero-order valence-corrected chi connectivity index (χ0v) is 11.9. The molecule has 2 aromatic heterocycles. The minimum Gasteiger partial charge on any atom is -0.359 e. The van der Waals surface area contributed by atoms with Gasteiger partial charge in [0.1, 0.15) is 5.69 Å². The van der Waals surface area contributed by atoms with E-state index in [-0.39, 0.29) is 11.6 Å². The third kappa shape index (κ3) is 2.63. The van der Waals surface area contributed by atoms with Crippen LogP contribution < -0.4 is 5.32 Å². The molecule has 8 heteroatoms. The number of anilines is 1. The average molecular weight is 279 g/mol. The number of hydrogen-bond acceptors (Lipinski definition) is 6. The first-order valence-corrected chi connectivity index (χ1v) is 6.27. The predicted molar refractivity (Wildman–Crippen MR) is 72.5 cm³/mol. The van der Waals surface area contributed by atoms with Gasteiger partial charge in [0, 0.05) is 19.0 Å². The summed E-state index contributed by atoms with van der Waals surface area (Å²) >= 11 is 0. The molecule has 1 N–H and O–H groups in total. The summed E-state index contributed by atoms with van der Waals surface area (Å²) in [6.07, 6.45) is 0. The van der Waals surface area contributed by atoms with Gasteiger partial charge in [-0.2, -0.15) is 5.10 Å². The molecule has 20 heavy (non-hydrogen) atoms. The van der Waals surface area contributed by atoms with Gasteiger partial charge in [0.15, 0.2) is 5.76 Å². The lowest BCUT2D eigenvalue weighted by atomic mass is 10.1. The van der Waals surface area contributed by atoms with E-state index in [1.165, 1.54) is 4.68 Å². The van der Waals surface area contributed by atoms with Crippen LogP contribution in [-0.2, 0) is 13.6 Å². The van der Waals surface area contributed by atoms with Gasteiger partial charge in [0.05, 0.1) is 17.2 Å². The fourth-order valence-corrected chi connectivity index (χ4v) is 1.97. The van der Waals surface area contributed by atoms with Gasteiger partial charge in [-0.1, -0.05) is 19.0 Å². The summed E-state index contributed by atoms with van der Waals surface area (Å²) in [6.45, 7) is 5.88. The Morgan fingerprint density at radius 2 is 2.25 bits per heavy atom. The number of hydrogen-bond donors (Lipinski definition) is 1. The maximum absolute atomic E-state index is 11.3. The van der Waals surface area contributed by atoms with E-state index in [0.29, 0.717) is 23.8 Å². The second-order valence-corrected chi connectivity index (χ2v) is 4.91. The molecule has 0 fully saturated rings. The third-order valence-corrected chi connectivity index (χ3v) is 2.88. The Morgan fingerprint density at radius 3 is 2.75 bits per heavy atom. The van der Waals surface area contributed by atoms with E-state index >= 15 is 0 Å². The molecule has 2 heterocycles. The highest BCUT2D eigenvalue weighted by molar-refractivity contribution is 5.60. The van der Waals surface area contributed by atoms with E-state index in [4.69, 9.17) is 4.52 Å². The van der Waals surface area contributed by atoms with Gasteiger partial charge >= 0.3 is 5.69 Å². The topological polar surface area (TPSA) is 99.0 Å². The van der Waals surface area contributed by atoms with Crippen molar-refractivity contribution >= 4 is 11.5 Å². The van der Waals surface area contributed by atoms with Crippen LogP contribution in [0.4, 0.5) is 11.5 Å². The second kappa shape index (κ2) is 5.32. The van der Waals surface area contributed by atoms with Crippen LogP contribution in [0.2, 0.25) is 0 Å². The Bertz CT molecular complexity index is 629. The second-order valence-electron chi connectivity index (χ2n) is 4.91. The van der Waals surface area contributed by atoms with Crippen LogP contribution in [0.1, 0.15) is 36.9 Å². The van der Waals surface area contributed by atoms with E-state index in [1.807, 2.05) is 20.8 Å². The highest BCUT2D eigenvalue weighted by Crippen LogP contribution is 2.32. The lowest BCUT2D eigenvalue weighted by molar-refractivity contribution is -0.384. The van der Waals surface area contributed by atoms with Crippen LogP contribution in [0, 0.1) is 17.0 Å². The van der Waals surface area contributed by atoms with Gasteiger partial charge in [-0.05, 0) is 6.92 Å². The number of rotatable bonds is 5. The van der Waals surface area contributed by atoms with Crippen LogP contribution in [0.15, 0.2) is 10.6 Å².